The van der Waals surface area contributed by atoms with Gasteiger partial charge in [-0.15, -0.1) is 23.7 Å². The van der Waals surface area contributed by atoms with E-state index in [1.807, 2.05) is 6.92 Å². The van der Waals surface area contributed by atoms with Crippen molar-refractivity contribution in [3.05, 3.63) is 11.1 Å². The van der Waals surface area contributed by atoms with E-state index in [2.05, 4.69) is 10.3 Å². The highest BCUT2D eigenvalue weighted by molar-refractivity contribution is 7.15. The minimum Gasteiger partial charge on any atom is -0.329 e. The lowest BCUT2D eigenvalue weighted by Crippen LogP contribution is -2.40. The molecule has 1 aromatic rings. The molecule has 4 nitrogen and oxygen atoms in total. The van der Waals surface area contributed by atoms with E-state index in [0.717, 1.165) is 30.6 Å². The van der Waals surface area contributed by atoms with Gasteiger partial charge < -0.3 is 11.1 Å². The zero-order valence-electron chi connectivity index (χ0n) is 9.86. The Morgan fingerprint density at radius 3 is 2.71 bits per heavy atom. The standard InChI is InChI=1S/C11H17N3OS.ClH/c1-8-6-13-10(16-8)14-9(15)11(7-12)4-2-3-5-11;/h6H,2-5,7,12H2,1H3,(H,13,14,15);1H. The zero-order valence-corrected chi connectivity index (χ0v) is 11.5. The average Bonchev–Trinajstić information content (AvgIpc) is 2.88. The lowest BCUT2D eigenvalue weighted by molar-refractivity contribution is -0.124. The zero-order chi connectivity index (χ0) is 11.6. The third-order valence-corrected chi connectivity index (χ3v) is 4.10. The fourth-order valence-electron chi connectivity index (χ4n) is 2.22. The van der Waals surface area contributed by atoms with Crippen molar-refractivity contribution in [1.82, 2.24) is 4.98 Å². The van der Waals surface area contributed by atoms with Crippen LogP contribution in [0.25, 0.3) is 0 Å². The normalized spacial score (nSPS) is 17.5. The van der Waals surface area contributed by atoms with Crippen molar-refractivity contribution >= 4 is 34.8 Å². The highest BCUT2D eigenvalue weighted by Gasteiger charge is 2.40. The summed E-state index contributed by atoms with van der Waals surface area (Å²) in [6.45, 7) is 2.41. The molecular weight excluding hydrogens is 258 g/mol. The highest BCUT2D eigenvalue weighted by Crippen LogP contribution is 2.38. The SMILES string of the molecule is Cc1cnc(NC(=O)C2(CN)CCCC2)s1.Cl. The molecule has 0 saturated heterocycles. The van der Waals surface area contributed by atoms with Crippen molar-refractivity contribution in [2.45, 2.75) is 32.6 Å². The van der Waals surface area contributed by atoms with Crippen molar-refractivity contribution in [1.29, 1.82) is 0 Å². The molecule has 0 bridgehead atoms. The summed E-state index contributed by atoms with van der Waals surface area (Å²) < 4.78 is 0. The summed E-state index contributed by atoms with van der Waals surface area (Å²) in [7, 11) is 0. The monoisotopic (exact) mass is 275 g/mol. The van der Waals surface area contributed by atoms with Crippen molar-refractivity contribution in [3.63, 3.8) is 0 Å². The number of aryl methyl sites for hydroxylation is 1. The fourth-order valence-corrected chi connectivity index (χ4v) is 2.88. The van der Waals surface area contributed by atoms with Crippen LogP contribution in [0.4, 0.5) is 5.13 Å². The first-order valence-corrected chi connectivity index (χ1v) is 6.42. The Morgan fingerprint density at radius 2 is 2.24 bits per heavy atom. The number of carbonyl (C=O) groups excluding carboxylic acids is 1. The summed E-state index contributed by atoms with van der Waals surface area (Å²) in [5.74, 6) is 0.0434. The summed E-state index contributed by atoms with van der Waals surface area (Å²) in [6.07, 6.45) is 5.77. The molecule has 0 aliphatic heterocycles. The van der Waals surface area contributed by atoms with Gasteiger partial charge in [0.1, 0.15) is 0 Å². The van der Waals surface area contributed by atoms with Gasteiger partial charge in [-0.2, -0.15) is 0 Å². The van der Waals surface area contributed by atoms with Crippen LogP contribution >= 0.6 is 23.7 Å². The van der Waals surface area contributed by atoms with Gasteiger partial charge in [0, 0.05) is 17.6 Å². The Kier molecular flexibility index (Phi) is 4.91. The maximum atomic E-state index is 12.2. The van der Waals surface area contributed by atoms with E-state index in [0.29, 0.717) is 11.7 Å². The third-order valence-electron chi connectivity index (χ3n) is 3.27. The smallest absolute Gasteiger partial charge is 0.233 e. The van der Waals surface area contributed by atoms with Crippen LogP contribution in [0.15, 0.2) is 6.20 Å². The first-order valence-electron chi connectivity index (χ1n) is 5.60. The van der Waals surface area contributed by atoms with E-state index >= 15 is 0 Å². The molecule has 1 saturated carbocycles. The molecule has 17 heavy (non-hydrogen) atoms. The number of hydrogen-bond donors (Lipinski definition) is 2. The van der Waals surface area contributed by atoms with Crippen molar-refractivity contribution in [2.24, 2.45) is 11.1 Å². The van der Waals surface area contributed by atoms with Crippen molar-refractivity contribution in [3.8, 4) is 0 Å². The minimum absolute atomic E-state index is 0. The number of nitrogens with zero attached hydrogens (tertiary/aromatic N) is 1. The maximum absolute atomic E-state index is 12.2. The van der Waals surface area contributed by atoms with E-state index in [1.54, 1.807) is 6.20 Å². The predicted molar refractivity (Wildman–Crippen MR) is 72.7 cm³/mol. The summed E-state index contributed by atoms with van der Waals surface area (Å²) in [5.41, 5.74) is 5.40. The molecule has 0 unspecified atom stereocenters. The Morgan fingerprint density at radius 1 is 1.59 bits per heavy atom. The van der Waals surface area contributed by atoms with Crippen molar-refractivity contribution < 1.29 is 4.79 Å². The van der Waals surface area contributed by atoms with Gasteiger partial charge in [-0.1, -0.05) is 12.8 Å². The van der Waals surface area contributed by atoms with Crippen LogP contribution in [-0.2, 0) is 4.79 Å². The first kappa shape index (κ1) is 14.4. The van der Waals surface area contributed by atoms with Gasteiger partial charge in [-0.25, -0.2) is 4.98 Å². The van der Waals surface area contributed by atoms with Gasteiger partial charge in [0.2, 0.25) is 5.91 Å². The molecule has 1 amide bonds. The van der Waals surface area contributed by atoms with E-state index in [-0.39, 0.29) is 23.7 Å². The molecule has 1 aliphatic carbocycles. The summed E-state index contributed by atoms with van der Waals surface area (Å²) in [5, 5.41) is 3.57. The Labute approximate surface area is 111 Å². The molecule has 1 fully saturated rings. The number of nitrogens with one attached hydrogen (secondary N) is 1. The largest absolute Gasteiger partial charge is 0.329 e. The van der Waals surface area contributed by atoms with E-state index in [1.165, 1.54) is 11.3 Å². The number of thiazole rings is 1. The van der Waals surface area contributed by atoms with Gasteiger partial charge in [0.15, 0.2) is 5.13 Å². The molecule has 0 radical (unpaired) electrons. The minimum atomic E-state index is -0.348. The van der Waals surface area contributed by atoms with E-state index in [4.69, 9.17) is 5.73 Å². The second kappa shape index (κ2) is 5.80. The van der Waals surface area contributed by atoms with E-state index in [9.17, 15) is 4.79 Å². The molecule has 96 valence electrons. The number of nitrogens with two attached hydrogens (primary N) is 1. The first-order chi connectivity index (χ1) is 7.66. The van der Waals surface area contributed by atoms with Crippen LogP contribution in [0, 0.1) is 12.3 Å². The Bertz CT molecular complexity index is 388. The van der Waals surface area contributed by atoms with Crippen LogP contribution in [0.1, 0.15) is 30.6 Å². The third kappa shape index (κ3) is 2.97. The molecule has 0 aromatic carbocycles. The van der Waals surface area contributed by atoms with Crippen LogP contribution in [0.5, 0.6) is 0 Å². The number of anilines is 1. The molecule has 1 aliphatic rings. The topological polar surface area (TPSA) is 68.0 Å². The maximum Gasteiger partial charge on any atom is 0.233 e. The van der Waals surface area contributed by atoms with Gasteiger partial charge in [0.05, 0.1) is 5.41 Å². The molecule has 0 atom stereocenters. The number of hydrogen-bond acceptors (Lipinski definition) is 4. The van der Waals surface area contributed by atoms with Gasteiger partial charge in [-0.05, 0) is 19.8 Å². The van der Waals surface area contributed by atoms with Crippen LogP contribution < -0.4 is 11.1 Å². The second-order valence-corrected chi connectivity index (χ2v) is 5.66. The summed E-state index contributed by atoms with van der Waals surface area (Å²) in [4.78, 5) is 17.4. The number of halogens is 1. The lowest BCUT2D eigenvalue weighted by atomic mass is 9.85. The molecule has 1 aromatic heterocycles. The molecule has 6 heteroatoms. The van der Waals surface area contributed by atoms with Crippen LogP contribution in [0.2, 0.25) is 0 Å². The lowest BCUT2D eigenvalue weighted by Gasteiger charge is -2.24. The average molecular weight is 276 g/mol. The van der Waals surface area contributed by atoms with E-state index < -0.39 is 0 Å². The summed E-state index contributed by atoms with van der Waals surface area (Å²) in [6, 6.07) is 0. The molecular formula is C11H18ClN3OS. The molecule has 3 N–H and O–H groups in total. The summed E-state index contributed by atoms with van der Waals surface area (Å²) >= 11 is 1.50. The molecule has 0 spiro atoms. The second-order valence-electron chi connectivity index (χ2n) is 4.42. The number of amides is 1. The van der Waals surface area contributed by atoms with Gasteiger partial charge >= 0.3 is 0 Å². The Balaban J connectivity index is 0.00000144. The predicted octanol–water partition coefficient (Wildman–Crippen LogP) is 2.33. The fraction of sp³-hybridized carbons (Fsp3) is 0.636. The van der Waals surface area contributed by atoms with Gasteiger partial charge in [-0.3, -0.25) is 4.79 Å². The Hall–Kier alpha value is -0.650. The number of rotatable bonds is 3. The van der Waals surface area contributed by atoms with Crippen LogP contribution in [0.3, 0.4) is 0 Å². The van der Waals surface area contributed by atoms with Crippen molar-refractivity contribution in [2.75, 3.05) is 11.9 Å². The highest BCUT2D eigenvalue weighted by atomic mass is 35.5. The quantitative estimate of drug-likeness (QED) is 0.890. The number of carbonyl (C=O) groups is 1. The van der Waals surface area contributed by atoms with Crippen LogP contribution in [-0.4, -0.2) is 17.4 Å². The molecule has 2 rings (SSSR count). The number of aromatic nitrogens is 1. The van der Waals surface area contributed by atoms with Gasteiger partial charge in [0.25, 0.3) is 0 Å². The molecule has 1 heterocycles.